The van der Waals surface area contributed by atoms with Gasteiger partial charge < -0.3 is 56.3 Å². The van der Waals surface area contributed by atoms with Gasteiger partial charge in [0, 0.05) is 13.5 Å². The van der Waals surface area contributed by atoms with E-state index < -0.39 is 104 Å². The summed E-state index contributed by atoms with van der Waals surface area (Å²) < 4.78 is 13.0. The average molecular weight is 948 g/mol. The predicted octanol–water partition coefficient (Wildman–Crippen LogP) is 2.80. The highest BCUT2D eigenvalue weighted by Gasteiger charge is 2.70. The molecule has 382 valence electrons. The Morgan fingerprint density at radius 2 is 1.25 bits per heavy atom. The summed E-state index contributed by atoms with van der Waals surface area (Å²) in [7, 11) is 0.605. The Bertz CT molecular complexity index is 1670. The Kier molecular flexibility index (Phi) is 23.0. The number of unbranched alkanes of at least 4 members (excludes halogenated alkanes) is 10. The highest BCUT2D eigenvalue weighted by Crippen LogP contribution is 2.65. The molecule has 5 unspecified atom stereocenters. The first-order chi connectivity index (χ1) is 31.5. The molecular formula is C48H86BN7O11. The Balaban J connectivity index is 1.43. The first-order valence-corrected chi connectivity index (χ1v) is 25.2. The number of amides is 7. The summed E-state index contributed by atoms with van der Waals surface area (Å²) in [5.74, 6) is -4.42. The molecule has 0 spiro atoms. The van der Waals surface area contributed by atoms with E-state index in [1.807, 2.05) is 20.8 Å². The molecule has 2 saturated carbocycles. The molecule has 1 aliphatic heterocycles. The zero-order valence-electron chi connectivity index (χ0n) is 42.5. The lowest BCUT2D eigenvalue weighted by atomic mass is 9.75. The van der Waals surface area contributed by atoms with Crippen molar-refractivity contribution in [3.8, 4) is 0 Å². The molecule has 3 fully saturated rings. The van der Waals surface area contributed by atoms with E-state index in [4.69, 9.17) is 9.31 Å². The van der Waals surface area contributed by atoms with Gasteiger partial charge in [0.25, 0.3) is 0 Å². The van der Waals surface area contributed by atoms with Gasteiger partial charge >= 0.3 is 7.12 Å². The SMILES string of the molecule is CCCCCCCCCCCCCC(=O)N[C@H](CO)C(=O)N[C@H](C)C(=O)NCC(=O)N(C)[C@H](C(=O)N[C@@H](C)C(=O)N[C@@H](CC(C)C)C(=O)N[C@@H](C)B1OC2C3CCC(C3(C)C)C2(C)O1)C(C)O. The number of nitrogens with zero attached hydrogens (tertiary/aromatic N) is 1. The number of rotatable bonds is 30. The lowest BCUT2D eigenvalue weighted by Crippen LogP contribution is -2.60. The topological polar surface area (TPSA) is 254 Å². The quantitative estimate of drug-likeness (QED) is 0.0384. The van der Waals surface area contributed by atoms with Crippen molar-refractivity contribution >= 4 is 48.5 Å². The smallest absolute Gasteiger partial charge is 0.404 e. The number of hydrogen-bond acceptors (Lipinski definition) is 11. The van der Waals surface area contributed by atoms with Crippen LogP contribution in [-0.4, -0.2) is 138 Å². The maximum Gasteiger partial charge on any atom is 0.481 e. The summed E-state index contributed by atoms with van der Waals surface area (Å²) in [5, 5.41) is 36.0. The van der Waals surface area contributed by atoms with Crippen LogP contribution in [0.3, 0.4) is 0 Å². The van der Waals surface area contributed by atoms with Crippen molar-refractivity contribution in [1.29, 1.82) is 0 Å². The molecule has 1 saturated heterocycles. The van der Waals surface area contributed by atoms with Crippen LogP contribution >= 0.6 is 0 Å². The second kappa shape index (κ2) is 26.8. The van der Waals surface area contributed by atoms with Crippen LogP contribution in [-0.2, 0) is 42.9 Å². The van der Waals surface area contributed by atoms with E-state index in [1.54, 1.807) is 0 Å². The lowest BCUT2D eigenvalue weighted by Gasteiger charge is -2.35. The molecular weight excluding hydrogens is 861 g/mol. The Hall–Kier alpha value is -3.81. The monoisotopic (exact) mass is 948 g/mol. The number of likely N-dealkylation sites (N-methyl/N-ethyl adjacent to an activating group) is 1. The third-order valence-corrected chi connectivity index (χ3v) is 14.3. The second-order valence-corrected chi connectivity index (χ2v) is 20.7. The maximum atomic E-state index is 13.7. The van der Waals surface area contributed by atoms with Crippen molar-refractivity contribution in [2.24, 2.45) is 23.2 Å². The molecule has 0 aromatic heterocycles. The van der Waals surface area contributed by atoms with Crippen molar-refractivity contribution in [3.63, 3.8) is 0 Å². The molecule has 1 heterocycles. The van der Waals surface area contributed by atoms with E-state index in [-0.39, 0.29) is 29.8 Å². The van der Waals surface area contributed by atoms with Gasteiger partial charge in [0.1, 0.15) is 30.2 Å². The number of carbonyl (C=O) groups excluding carboxylic acids is 7. The molecule has 0 aromatic rings. The third-order valence-electron chi connectivity index (χ3n) is 14.3. The van der Waals surface area contributed by atoms with Crippen LogP contribution in [0.5, 0.6) is 0 Å². The number of fused-ring (bicyclic) bond motifs is 5. The number of nitrogens with one attached hydrogen (secondary N) is 6. The van der Waals surface area contributed by atoms with Gasteiger partial charge in [-0.1, -0.05) is 98.8 Å². The van der Waals surface area contributed by atoms with Crippen LogP contribution in [0.25, 0.3) is 0 Å². The van der Waals surface area contributed by atoms with Gasteiger partial charge in [0.15, 0.2) is 0 Å². The van der Waals surface area contributed by atoms with E-state index >= 15 is 0 Å². The van der Waals surface area contributed by atoms with Crippen LogP contribution < -0.4 is 31.9 Å². The third kappa shape index (κ3) is 16.1. The minimum Gasteiger partial charge on any atom is -0.404 e. The summed E-state index contributed by atoms with van der Waals surface area (Å²) in [6, 6.07) is -6.05. The van der Waals surface area contributed by atoms with Crippen LogP contribution in [0.2, 0.25) is 0 Å². The first-order valence-electron chi connectivity index (χ1n) is 25.2. The minimum atomic E-state index is -1.47. The number of carbonyl (C=O) groups is 7. The fourth-order valence-electron chi connectivity index (χ4n) is 10.4. The van der Waals surface area contributed by atoms with E-state index in [2.05, 4.69) is 59.6 Å². The summed E-state index contributed by atoms with van der Waals surface area (Å²) >= 11 is 0. The Labute approximate surface area is 400 Å². The molecule has 0 radical (unpaired) electrons. The summed E-state index contributed by atoms with van der Waals surface area (Å²) in [4.78, 5) is 93.0. The van der Waals surface area contributed by atoms with Crippen molar-refractivity contribution in [1.82, 2.24) is 36.8 Å². The van der Waals surface area contributed by atoms with E-state index in [0.29, 0.717) is 24.7 Å². The van der Waals surface area contributed by atoms with E-state index in [0.717, 1.165) is 37.0 Å². The molecule has 2 bridgehead atoms. The largest absolute Gasteiger partial charge is 0.481 e. The van der Waals surface area contributed by atoms with Crippen LogP contribution in [0.15, 0.2) is 0 Å². The zero-order valence-corrected chi connectivity index (χ0v) is 42.5. The van der Waals surface area contributed by atoms with Gasteiger partial charge in [0.05, 0.1) is 36.9 Å². The van der Waals surface area contributed by atoms with Crippen LogP contribution in [0.1, 0.15) is 166 Å². The van der Waals surface area contributed by atoms with Gasteiger partial charge in [-0.05, 0) is 83.5 Å². The highest BCUT2D eigenvalue weighted by atomic mass is 16.7. The molecule has 11 atom stereocenters. The molecule has 7 amide bonds. The molecule has 18 nitrogen and oxygen atoms in total. The van der Waals surface area contributed by atoms with Crippen molar-refractivity contribution in [2.75, 3.05) is 20.2 Å². The standard InChI is InChI=1S/C48H86BN7O11/c1-12-13-14-15-16-17-18-19-20-21-22-23-38(59)54-36(28-57)45(64)51-30(4)42(61)50-27-39(60)56(11)40(32(6)58)46(65)52-31(5)43(62)55-35(26-29(2)3)44(63)53-33(7)49-66-41-34-24-25-37(47(34,8)9)48(41,10)67-49/h29-37,40-41,57-58H,12-28H2,1-11H3,(H,50,61)(H,51,64)(H,52,65)(H,53,63)(H,54,59)(H,55,62)/t30-,31+,32?,33+,34?,35+,36-,37?,40+,41?,48?/m1/s1. The number of aliphatic hydroxyl groups excluding tert-OH is 2. The van der Waals surface area contributed by atoms with Crippen molar-refractivity contribution in [3.05, 3.63) is 0 Å². The van der Waals surface area contributed by atoms with Gasteiger partial charge in [-0.3, -0.25) is 33.6 Å². The molecule has 67 heavy (non-hydrogen) atoms. The normalized spacial score (nSPS) is 23.5. The van der Waals surface area contributed by atoms with Gasteiger partial charge in [0.2, 0.25) is 41.4 Å². The molecule has 3 aliphatic rings. The predicted molar refractivity (Wildman–Crippen MR) is 256 cm³/mol. The first kappa shape index (κ1) is 57.5. The summed E-state index contributed by atoms with van der Waals surface area (Å²) in [6.07, 6.45) is 13.6. The summed E-state index contributed by atoms with van der Waals surface area (Å²) in [5.41, 5.74) is -0.336. The van der Waals surface area contributed by atoms with E-state index in [1.165, 1.54) is 72.8 Å². The Morgan fingerprint density at radius 3 is 1.81 bits per heavy atom. The van der Waals surface area contributed by atoms with Crippen LogP contribution in [0.4, 0.5) is 0 Å². The molecule has 0 aromatic carbocycles. The van der Waals surface area contributed by atoms with Crippen molar-refractivity contribution < 1.29 is 53.1 Å². The zero-order chi connectivity index (χ0) is 50.2. The molecule has 3 rings (SSSR count). The molecule has 19 heteroatoms. The highest BCUT2D eigenvalue weighted by molar-refractivity contribution is 6.47. The van der Waals surface area contributed by atoms with Gasteiger partial charge in [-0.25, -0.2) is 0 Å². The number of aliphatic hydroxyl groups is 2. The van der Waals surface area contributed by atoms with E-state index in [9.17, 15) is 43.8 Å². The van der Waals surface area contributed by atoms with Gasteiger partial charge in [-0.2, -0.15) is 0 Å². The fourth-order valence-corrected chi connectivity index (χ4v) is 10.4. The number of hydrogen-bond donors (Lipinski definition) is 8. The Morgan fingerprint density at radius 1 is 0.701 bits per heavy atom. The summed E-state index contributed by atoms with van der Waals surface area (Å²) in [6.45, 7) is 17.3. The van der Waals surface area contributed by atoms with Gasteiger partial charge in [-0.15, -0.1) is 0 Å². The lowest BCUT2D eigenvalue weighted by molar-refractivity contribution is -0.144. The second-order valence-electron chi connectivity index (χ2n) is 20.7. The molecule has 8 N–H and O–H groups in total. The van der Waals surface area contributed by atoms with Crippen LogP contribution in [0, 0.1) is 23.2 Å². The average Bonchev–Trinajstić information content (AvgIpc) is 3.83. The minimum absolute atomic E-state index is 0.0179. The fraction of sp³-hybridized carbons (Fsp3) is 0.854. The molecule has 2 aliphatic carbocycles. The van der Waals surface area contributed by atoms with Crippen molar-refractivity contribution in [2.45, 2.75) is 220 Å². The maximum absolute atomic E-state index is 13.7.